The summed E-state index contributed by atoms with van der Waals surface area (Å²) in [6.45, 7) is 2.05. The zero-order valence-electron chi connectivity index (χ0n) is 10.3. The van der Waals surface area contributed by atoms with E-state index in [1.54, 1.807) is 30.3 Å². The Hall–Kier alpha value is -1.48. The maximum Gasteiger partial charge on any atom is 0.332 e. The van der Waals surface area contributed by atoms with Gasteiger partial charge in [-0.2, -0.15) is 0 Å². The van der Waals surface area contributed by atoms with Crippen LogP contribution in [0.1, 0.15) is 31.7 Å². The molecule has 1 rings (SSSR count). The molecule has 0 bridgehead atoms. The van der Waals surface area contributed by atoms with Crippen LogP contribution in [0.3, 0.4) is 0 Å². The van der Waals surface area contributed by atoms with Gasteiger partial charge in [-0.15, -0.1) is 0 Å². The fraction of sp³-hybridized carbons (Fsp3) is 0.357. The van der Waals surface area contributed by atoms with E-state index in [0.29, 0.717) is 6.42 Å². The third-order valence-electron chi connectivity index (χ3n) is 2.33. The van der Waals surface area contributed by atoms with E-state index in [2.05, 4.69) is 6.92 Å². The van der Waals surface area contributed by atoms with Crippen molar-refractivity contribution in [3.05, 3.63) is 35.9 Å². The molecule has 0 radical (unpaired) electrons. The van der Waals surface area contributed by atoms with E-state index in [4.69, 9.17) is 21.4 Å². The van der Waals surface area contributed by atoms with Gasteiger partial charge in [0.05, 0.1) is 0 Å². The van der Waals surface area contributed by atoms with Crippen LogP contribution in [0.15, 0.2) is 30.3 Å². The van der Waals surface area contributed by atoms with E-state index in [1.807, 2.05) is 0 Å². The first-order chi connectivity index (χ1) is 8.61. The standard InChI is InChI=1S/C14H17ClO3/c1-2-3-4-13(15)18-14(17)10-7-11-5-8-12(16)9-6-11/h5-10,13,16H,2-4H2,1H3/b10-7+. The summed E-state index contributed by atoms with van der Waals surface area (Å²) in [5.41, 5.74) is 0.242. The Morgan fingerprint density at radius 1 is 1.44 bits per heavy atom. The van der Waals surface area contributed by atoms with Gasteiger partial charge < -0.3 is 9.84 Å². The Balaban J connectivity index is 2.41. The minimum atomic E-state index is -0.568. The molecule has 0 aliphatic carbocycles. The number of hydrogen-bond donors (Lipinski definition) is 1. The molecule has 1 atom stereocenters. The number of unbranched alkanes of at least 4 members (excludes halogenated alkanes) is 1. The SMILES string of the molecule is CCCCC(Cl)OC(=O)/C=C/c1ccc(O)cc1. The number of halogens is 1. The summed E-state index contributed by atoms with van der Waals surface area (Å²) in [6.07, 6.45) is 5.56. The second-order valence-electron chi connectivity index (χ2n) is 3.91. The molecule has 4 heteroatoms. The zero-order valence-corrected chi connectivity index (χ0v) is 11.1. The largest absolute Gasteiger partial charge is 0.508 e. The van der Waals surface area contributed by atoms with Gasteiger partial charge in [-0.1, -0.05) is 37.1 Å². The van der Waals surface area contributed by atoms with Gasteiger partial charge in [-0.05, 0) is 36.6 Å². The van der Waals surface area contributed by atoms with E-state index in [9.17, 15) is 4.79 Å². The number of carbonyl (C=O) groups excluding carboxylic acids is 1. The molecule has 98 valence electrons. The van der Waals surface area contributed by atoms with Crippen molar-refractivity contribution >= 4 is 23.6 Å². The summed E-state index contributed by atoms with van der Waals surface area (Å²) in [6, 6.07) is 6.51. The average molecular weight is 269 g/mol. The molecule has 1 aromatic carbocycles. The predicted molar refractivity (Wildman–Crippen MR) is 72.4 cm³/mol. The van der Waals surface area contributed by atoms with Crippen LogP contribution >= 0.6 is 11.6 Å². The quantitative estimate of drug-likeness (QED) is 0.486. The molecule has 0 spiro atoms. The first-order valence-electron chi connectivity index (χ1n) is 5.93. The number of esters is 1. The fourth-order valence-corrected chi connectivity index (χ4v) is 1.58. The highest BCUT2D eigenvalue weighted by molar-refractivity contribution is 6.20. The highest BCUT2D eigenvalue weighted by atomic mass is 35.5. The topological polar surface area (TPSA) is 46.5 Å². The van der Waals surface area contributed by atoms with Gasteiger partial charge in [0.15, 0.2) is 5.56 Å². The predicted octanol–water partition coefficient (Wildman–Crippen LogP) is 3.70. The van der Waals surface area contributed by atoms with Gasteiger partial charge in [-0.25, -0.2) is 4.79 Å². The van der Waals surface area contributed by atoms with Crippen LogP contribution < -0.4 is 0 Å². The highest BCUT2D eigenvalue weighted by Gasteiger charge is 2.07. The lowest BCUT2D eigenvalue weighted by Crippen LogP contribution is -2.10. The van der Waals surface area contributed by atoms with Gasteiger partial charge in [0.2, 0.25) is 0 Å². The minimum absolute atomic E-state index is 0.190. The molecule has 0 saturated carbocycles. The Bertz CT molecular complexity index is 398. The lowest BCUT2D eigenvalue weighted by molar-refractivity contribution is -0.139. The monoisotopic (exact) mass is 268 g/mol. The molecule has 1 N–H and O–H groups in total. The van der Waals surface area contributed by atoms with Crippen molar-refractivity contribution < 1.29 is 14.6 Å². The van der Waals surface area contributed by atoms with Crippen molar-refractivity contribution in [2.24, 2.45) is 0 Å². The Labute approximate surface area is 112 Å². The van der Waals surface area contributed by atoms with Crippen LogP contribution in [0.2, 0.25) is 0 Å². The summed E-state index contributed by atoms with van der Waals surface area (Å²) < 4.78 is 4.99. The number of aromatic hydroxyl groups is 1. The van der Waals surface area contributed by atoms with Gasteiger partial charge >= 0.3 is 5.97 Å². The molecule has 3 nitrogen and oxygen atoms in total. The number of ether oxygens (including phenoxy) is 1. The fourth-order valence-electron chi connectivity index (χ4n) is 1.34. The van der Waals surface area contributed by atoms with E-state index >= 15 is 0 Å². The van der Waals surface area contributed by atoms with Crippen molar-refractivity contribution in [1.29, 1.82) is 0 Å². The summed E-state index contributed by atoms with van der Waals surface area (Å²) in [7, 11) is 0. The molecule has 0 amide bonds. The molecule has 0 fully saturated rings. The minimum Gasteiger partial charge on any atom is -0.508 e. The first-order valence-corrected chi connectivity index (χ1v) is 6.37. The third-order valence-corrected chi connectivity index (χ3v) is 2.64. The highest BCUT2D eigenvalue weighted by Crippen LogP contribution is 2.12. The molecular weight excluding hydrogens is 252 g/mol. The molecule has 18 heavy (non-hydrogen) atoms. The lowest BCUT2D eigenvalue weighted by atomic mass is 10.2. The van der Waals surface area contributed by atoms with Crippen LogP contribution in [0, 0.1) is 0 Å². The smallest absolute Gasteiger partial charge is 0.332 e. The van der Waals surface area contributed by atoms with Crippen molar-refractivity contribution in [2.45, 2.75) is 31.7 Å². The van der Waals surface area contributed by atoms with E-state index in [0.717, 1.165) is 18.4 Å². The molecule has 0 aliphatic rings. The third kappa shape index (κ3) is 5.73. The van der Waals surface area contributed by atoms with E-state index < -0.39 is 11.5 Å². The van der Waals surface area contributed by atoms with E-state index in [1.165, 1.54) is 6.08 Å². The van der Waals surface area contributed by atoms with Gasteiger partial charge in [0.1, 0.15) is 5.75 Å². The van der Waals surface area contributed by atoms with Crippen molar-refractivity contribution in [1.82, 2.24) is 0 Å². The van der Waals surface area contributed by atoms with Crippen LogP contribution in [0.4, 0.5) is 0 Å². The lowest BCUT2D eigenvalue weighted by Gasteiger charge is -2.08. The van der Waals surface area contributed by atoms with Crippen LogP contribution in [-0.2, 0) is 9.53 Å². The maximum absolute atomic E-state index is 11.4. The summed E-state index contributed by atoms with van der Waals surface area (Å²) >= 11 is 5.85. The van der Waals surface area contributed by atoms with Gasteiger partial charge in [0, 0.05) is 6.08 Å². The molecule has 1 unspecified atom stereocenters. The van der Waals surface area contributed by atoms with Gasteiger partial charge in [-0.3, -0.25) is 0 Å². The Morgan fingerprint density at radius 3 is 2.72 bits per heavy atom. The number of alkyl halides is 1. The summed E-state index contributed by atoms with van der Waals surface area (Å²) in [4.78, 5) is 11.4. The normalized spacial score (nSPS) is 12.6. The van der Waals surface area contributed by atoms with Crippen molar-refractivity contribution in [3.8, 4) is 5.75 Å². The number of rotatable bonds is 6. The molecule has 0 aromatic heterocycles. The molecule has 0 heterocycles. The summed E-state index contributed by atoms with van der Waals surface area (Å²) in [5, 5.41) is 9.10. The van der Waals surface area contributed by atoms with Crippen LogP contribution in [-0.4, -0.2) is 16.6 Å². The number of phenolic OH excluding ortho intramolecular Hbond substituents is 1. The average Bonchev–Trinajstić information content (AvgIpc) is 2.35. The van der Waals surface area contributed by atoms with Crippen LogP contribution in [0.25, 0.3) is 6.08 Å². The number of benzene rings is 1. The molecular formula is C14H17ClO3. The number of hydrogen-bond acceptors (Lipinski definition) is 3. The Morgan fingerprint density at radius 2 is 2.11 bits per heavy atom. The van der Waals surface area contributed by atoms with E-state index in [-0.39, 0.29) is 5.75 Å². The molecule has 0 saturated heterocycles. The maximum atomic E-state index is 11.4. The number of phenols is 1. The second kappa shape index (κ2) is 7.77. The molecule has 0 aliphatic heterocycles. The first kappa shape index (κ1) is 14.6. The molecule has 1 aromatic rings. The summed E-state index contributed by atoms with van der Waals surface area (Å²) in [5.74, 6) is -0.269. The zero-order chi connectivity index (χ0) is 13.4. The Kier molecular flexibility index (Phi) is 6.29. The van der Waals surface area contributed by atoms with Crippen molar-refractivity contribution in [2.75, 3.05) is 0 Å². The van der Waals surface area contributed by atoms with Crippen LogP contribution in [0.5, 0.6) is 5.75 Å². The van der Waals surface area contributed by atoms with Crippen molar-refractivity contribution in [3.63, 3.8) is 0 Å². The second-order valence-corrected chi connectivity index (χ2v) is 4.40. The van der Waals surface area contributed by atoms with Gasteiger partial charge in [0.25, 0.3) is 0 Å². The number of carbonyl (C=O) groups is 1.